The fraction of sp³-hybridized carbons (Fsp3) is 0.562. The van der Waals surface area contributed by atoms with Crippen LogP contribution in [0.5, 0.6) is 0 Å². The summed E-state index contributed by atoms with van der Waals surface area (Å²) >= 11 is 0. The van der Waals surface area contributed by atoms with Gasteiger partial charge in [-0.15, -0.1) is 0 Å². The summed E-state index contributed by atoms with van der Waals surface area (Å²) in [7, 11) is 0. The Morgan fingerprint density at radius 3 is 2.70 bits per heavy atom. The zero-order valence-corrected chi connectivity index (χ0v) is 12.6. The normalized spacial score (nSPS) is 12.0. The summed E-state index contributed by atoms with van der Waals surface area (Å²) in [5, 5.41) is 5.92. The highest BCUT2D eigenvalue weighted by Gasteiger charge is 2.16. The quantitative estimate of drug-likeness (QED) is 0.757. The number of anilines is 1. The highest BCUT2D eigenvalue weighted by Crippen LogP contribution is 2.20. The van der Waals surface area contributed by atoms with Crippen LogP contribution in [0.25, 0.3) is 0 Å². The standard InChI is InChI=1S/C16H25FN2O/c1-4-6-8-12(3)19-16(20)13-9-7-10-14(17)15(13)18-11-5-2/h7,9-10,12,18H,4-6,8,11H2,1-3H3,(H,19,20). The zero-order chi connectivity index (χ0) is 15.0. The van der Waals surface area contributed by atoms with E-state index in [0.29, 0.717) is 17.8 Å². The zero-order valence-electron chi connectivity index (χ0n) is 12.6. The molecule has 0 aliphatic carbocycles. The Kier molecular flexibility index (Phi) is 7.05. The summed E-state index contributed by atoms with van der Waals surface area (Å²) in [5.74, 6) is -0.598. The molecule has 1 amide bonds. The molecule has 1 rings (SSSR count). The van der Waals surface area contributed by atoms with Crippen LogP contribution in [0.3, 0.4) is 0 Å². The number of amides is 1. The summed E-state index contributed by atoms with van der Waals surface area (Å²) in [4.78, 5) is 12.2. The minimum Gasteiger partial charge on any atom is -0.382 e. The van der Waals surface area contributed by atoms with E-state index in [9.17, 15) is 9.18 Å². The number of carbonyl (C=O) groups excluding carboxylic acids is 1. The third-order valence-electron chi connectivity index (χ3n) is 3.18. The molecule has 0 saturated carbocycles. The van der Waals surface area contributed by atoms with Crippen LogP contribution in [0.15, 0.2) is 18.2 Å². The molecular weight excluding hydrogens is 255 g/mol. The fourth-order valence-corrected chi connectivity index (χ4v) is 2.03. The number of carbonyl (C=O) groups is 1. The van der Waals surface area contributed by atoms with Crippen molar-refractivity contribution in [1.29, 1.82) is 0 Å². The van der Waals surface area contributed by atoms with Gasteiger partial charge in [-0.2, -0.15) is 0 Å². The largest absolute Gasteiger partial charge is 0.382 e. The summed E-state index contributed by atoms with van der Waals surface area (Å²) in [6.07, 6.45) is 3.99. The van der Waals surface area contributed by atoms with Crippen molar-refractivity contribution in [2.75, 3.05) is 11.9 Å². The van der Waals surface area contributed by atoms with Gasteiger partial charge in [0, 0.05) is 12.6 Å². The lowest BCUT2D eigenvalue weighted by Crippen LogP contribution is -2.33. The number of halogens is 1. The molecule has 0 bridgehead atoms. The van der Waals surface area contributed by atoms with Crippen molar-refractivity contribution < 1.29 is 9.18 Å². The number of para-hydroxylation sites is 1. The Hall–Kier alpha value is -1.58. The van der Waals surface area contributed by atoms with Crippen molar-refractivity contribution >= 4 is 11.6 Å². The second kappa shape index (κ2) is 8.56. The average molecular weight is 280 g/mol. The molecule has 0 radical (unpaired) electrons. The monoisotopic (exact) mass is 280 g/mol. The predicted octanol–water partition coefficient (Wildman–Crippen LogP) is 3.96. The topological polar surface area (TPSA) is 41.1 Å². The van der Waals surface area contributed by atoms with E-state index in [1.807, 2.05) is 13.8 Å². The summed E-state index contributed by atoms with van der Waals surface area (Å²) in [5.41, 5.74) is 0.677. The lowest BCUT2D eigenvalue weighted by molar-refractivity contribution is 0.0938. The van der Waals surface area contributed by atoms with Gasteiger partial charge in [0.2, 0.25) is 0 Å². The highest BCUT2D eigenvalue weighted by molar-refractivity contribution is 5.99. The maximum atomic E-state index is 13.8. The van der Waals surface area contributed by atoms with E-state index in [4.69, 9.17) is 0 Å². The number of hydrogen-bond acceptors (Lipinski definition) is 2. The molecule has 1 unspecified atom stereocenters. The van der Waals surface area contributed by atoms with Gasteiger partial charge in [-0.05, 0) is 31.9 Å². The second-order valence-electron chi connectivity index (χ2n) is 5.11. The van der Waals surface area contributed by atoms with Crippen molar-refractivity contribution in [1.82, 2.24) is 5.32 Å². The van der Waals surface area contributed by atoms with E-state index in [1.165, 1.54) is 6.07 Å². The fourth-order valence-electron chi connectivity index (χ4n) is 2.03. The number of hydrogen-bond donors (Lipinski definition) is 2. The molecule has 2 N–H and O–H groups in total. The van der Waals surface area contributed by atoms with Crippen LogP contribution >= 0.6 is 0 Å². The smallest absolute Gasteiger partial charge is 0.253 e. The van der Waals surface area contributed by atoms with Crippen LogP contribution in [0, 0.1) is 5.82 Å². The van der Waals surface area contributed by atoms with Crippen LogP contribution in [-0.4, -0.2) is 18.5 Å². The molecular formula is C16H25FN2O. The van der Waals surface area contributed by atoms with Gasteiger partial charge in [0.25, 0.3) is 5.91 Å². The van der Waals surface area contributed by atoms with Gasteiger partial charge in [-0.1, -0.05) is 32.8 Å². The minimum absolute atomic E-state index is 0.102. The number of rotatable bonds is 8. The van der Waals surface area contributed by atoms with Crippen molar-refractivity contribution in [2.45, 2.75) is 52.5 Å². The van der Waals surface area contributed by atoms with Crippen LogP contribution in [-0.2, 0) is 0 Å². The summed E-state index contributed by atoms with van der Waals surface area (Å²) in [6.45, 7) is 6.74. The van der Waals surface area contributed by atoms with Crippen LogP contribution in [0.2, 0.25) is 0 Å². The molecule has 0 aliphatic rings. The molecule has 20 heavy (non-hydrogen) atoms. The maximum Gasteiger partial charge on any atom is 0.253 e. The molecule has 0 spiro atoms. The second-order valence-corrected chi connectivity index (χ2v) is 5.11. The predicted molar refractivity (Wildman–Crippen MR) is 81.6 cm³/mol. The lowest BCUT2D eigenvalue weighted by Gasteiger charge is -2.16. The van der Waals surface area contributed by atoms with Gasteiger partial charge in [0.1, 0.15) is 5.82 Å². The Morgan fingerprint density at radius 1 is 1.30 bits per heavy atom. The first-order valence-corrected chi connectivity index (χ1v) is 7.43. The van der Waals surface area contributed by atoms with Crippen molar-refractivity contribution in [2.24, 2.45) is 0 Å². The first-order chi connectivity index (χ1) is 9.60. The van der Waals surface area contributed by atoms with Gasteiger partial charge in [0.15, 0.2) is 0 Å². The van der Waals surface area contributed by atoms with Crippen molar-refractivity contribution in [3.05, 3.63) is 29.6 Å². The SMILES string of the molecule is CCCCC(C)NC(=O)c1cccc(F)c1NCCC. The van der Waals surface area contributed by atoms with Gasteiger partial charge in [0.05, 0.1) is 11.3 Å². The Balaban J connectivity index is 2.78. The van der Waals surface area contributed by atoms with E-state index in [2.05, 4.69) is 17.6 Å². The molecule has 1 atom stereocenters. The van der Waals surface area contributed by atoms with Gasteiger partial charge in [-0.25, -0.2) is 4.39 Å². The van der Waals surface area contributed by atoms with E-state index >= 15 is 0 Å². The Bertz CT molecular complexity index is 434. The number of nitrogens with one attached hydrogen (secondary N) is 2. The number of benzene rings is 1. The third-order valence-corrected chi connectivity index (χ3v) is 3.18. The van der Waals surface area contributed by atoms with E-state index < -0.39 is 0 Å². The first-order valence-electron chi connectivity index (χ1n) is 7.43. The summed E-state index contributed by atoms with van der Waals surface area (Å²) in [6, 6.07) is 4.70. The molecule has 112 valence electrons. The Labute approximate surface area is 121 Å². The molecule has 4 heteroatoms. The summed E-state index contributed by atoms with van der Waals surface area (Å²) < 4.78 is 13.8. The molecule has 0 aliphatic heterocycles. The van der Waals surface area contributed by atoms with Gasteiger partial charge in [-0.3, -0.25) is 4.79 Å². The minimum atomic E-state index is -0.382. The lowest BCUT2D eigenvalue weighted by atomic mass is 10.1. The average Bonchev–Trinajstić information content (AvgIpc) is 2.43. The van der Waals surface area contributed by atoms with Gasteiger partial charge >= 0.3 is 0 Å². The molecule has 0 saturated heterocycles. The third kappa shape index (κ3) is 4.83. The van der Waals surface area contributed by atoms with Crippen LogP contribution in [0.4, 0.5) is 10.1 Å². The van der Waals surface area contributed by atoms with E-state index in [-0.39, 0.29) is 17.8 Å². The molecule has 0 fully saturated rings. The Morgan fingerprint density at radius 2 is 2.05 bits per heavy atom. The molecule has 1 aromatic carbocycles. The molecule has 1 aromatic rings. The van der Waals surface area contributed by atoms with E-state index in [0.717, 1.165) is 25.7 Å². The number of unbranched alkanes of at least 4 members (excludes halogenated alkanes) is 1. The van der Waals surface area contributed by atoms with E-state index in [1.54, 1.807) is 12.1 Å². The highest BCUT2D eigenvalue weighted by atomic mass is 19.1. The van der Waals surface area contributed by atoms with Crippen molar-refractivity contribution in [3.63, 3.8) is 0 Å². The molecule has 3 nitrogen and oxygen atoms in total. The maximum absolute atomic E-state index is 13.8. The van der Waals surface area contributed by atoms with Gasteiger partial charge < -0.3 is 10.6 Å². The van der Waals surface area contributed by atoms with Crippen molar-refractivity contribution in [3.8, 4) is 0 Å². The molecule has 0 aromatic heterocycles. The van der Waals surface area contributed by atoms with Crippen LogP contribution < -0.4 is 10.6 Å². The van der Waals surface area contributed by atoms with Crippen LogP contribution in [0.1, 0.15) is 56.8 Å². The first kappa shape index (κ1) is 16.5. The molecule has 0 heterocycles.